The summed E-state index contributed by atoms with van der Waals surface area (Å²) < 4.78 is 2.13. The molecular formula is C16H17N3O. The van der Waals surface area contributed by atoms with Gasteiger partial charge in [0.15, 0.2) is 0 Å². The van der Waals surface area contributed by atoms with Gasteiger partial charge in [0.2, 0.25) is 0 Å². The van der Waals surface area contributed by atoms with Crippen molar-refractivity contribution < 1.29 is 5.11 Å². The van der Waals surface area contributed by atoms with E-state index in [9.17, 15) is 5.11 Å². The van der Waals surface area contributed by atoms with Gasteiger partial charge in [-0.3, -0.25) is 0 Å². The molecule has 3 aromatic rings. The van der Waals surface area contributed by atoms with Crippen molar-refractivity contribution in [1.82, 2.24) is 9.55 Å². The van der Waals surface area contributed by atoms with Gasteiger partial charge >= 0.3 is 0 Å². The molecule has 4 heteroatoms. The molecule has 3 N–H and O–H groups in total. The van der Waals surface area contributed by atoms with Crippen molar-refractivity contribution in [2.24, 2.45) is 0 Å². The van der Waals surface area contributed by atoms with Crippen LogP contribution in [0.1, 0.15) is 13.3 Å². The minimum Gasteiger partial charge on any atom is -0.505 e. The topological polar surface area (TPSA) is 64.1 Å². The summed E-state index contributed by atoms with van der Waals surface area (Å²) in [5.41, 5.74) is 8.84. The molecule has 0 bridgehead atoms. The lowest BCUT2D eigenvalue weighted by Crippen LogP contribution is -2.00. The Balaban J connectivity index is 2.29. The maximum atomic E-state index is 10.2. The lowest BCUT2D eigenvalue weighted by Gasteiger charge is -2.10. The van der Waals surface area contributed by atoms with Crippen molar-refractivity contribution in [2.75, 3.05) is 5.73 Å². The normalized spacial score (nSPS) is 11.1. The highest BCUT2D eigenvalue weighted by atomic mass is 16.3. The SMILES string of the molecule is CCCn1c(-c2cccc(N)c2O)nc2ccccc21. The van der Waals surface area contributed by atoms with Gasteiger partial charge in [-0.25, -0.2) is 4.98 Å². The van der Waals surface area contributed by atoms with Crippen molar-refractivity contribution in [1.29, 1.82) is 0 Å². The van der Waals surface area contributed by atoms with Gasteiger partial charge in [0.25, 0.3) is 0 Å². The first-order valence-corrected chi connectivity index (χ1v) is 6.75. The van der Waals surface area contributed by atoms with Crippen LogP contribution in [0.25, 0.3) is 22.4 Å². The van der Waals surface area contributed by atoms with Crippen molar-refractivity contribution in [3.05, 3.63) is 42.5 Å². The number of nitrogens with zero attached hydrogens (tertiary/aromatic N) is 2. The Morgan fingerprint density at radius 1 is 1.15 bits per heavy atom. The first-order chi connectivity index (χ1) is 9.72. The van der Waals surface area contributed by atoms with Crippen molar-refractivity contribution in [3.63, 3.8) is 0 Å². The van der Waals surface area contributed by atoms with Crippen LogP contribution in [0.15, 0.2) is 42.5 Å². The fourth-order valence-corrected chi connectivity index (χ4v) is 2.47. The fraction of sp³-hybridized carbons (Fsp3) is 0.188. The third kappa shape index (κ3) is 1.90. The average molecular weight is 267 g/mol. The number of anilines is 1. The van der Waals surface area contributed by atoms with Gasteiger partial charge in [0.05, 0.1) is 22.3 Å². The number of para-hydroxylation sites is 3. The Labute approximate surface area is 117 Å². The van der Waals surface area contributed by atoms with E-state index in [0.717, 1.165) is 29.8 Å². The van der Waals surface area contributed by atoms with Crippen molar-refractivity contribution in [2.45, 2.75) is 19.9 Å². The molecule has 0 saturated carbocycles. The molecule has 0 saturated heterocycles. The van der Waals surface area contributed by atoms with Crippen LogP contribution in [-0.4, -0.2) is 14.7 Å². The Hall–Kier alpha value is -2.49. The number of fused-ring (bicyclic) bond motifs is 1. The molecule has 0 aliphatic carbocycles. The van der Waals surface area contributed by atoms with Crippen LogP contribution in [-0.2, 0) is 6.54 Å². The van der Waals surface area contributed by atoms with Crippen LogP contribution in [0.2, 0.25) is 0 Å². The van der Waals surface area contributed by atoms with E-state index in [1.165, 1.54) is 0 Å². The van der Waals surface area contributed by atoms with Gasteiger partial charge in [0, 0.05) is 6.54 Å². The summed E-state index contributed by atoms with van der Waals surface area (Å²) in [5.74, 6) is 0.859. The van der Waals surface area contributed by atoms with Crippen LogP contribution in [0.5, 0.6) is 5.75 Å². The number of nitrogens with two attached hydrogens (primary N) is 1. The number of aromatic hydroxyl groups is 1. The number of hydrogen-bond acceptors (Lipinski definition) is 3. The van der Waals surface area contributed by atoms with E-state index in [1.54, 1.807) is 6.07 Å². The number of benzene rings is 2. The first kappa shape index (κ1) is 12.5. The minimum absolute atomic E-state index is 0.0974. The van der Waals surface area contributed by atoms with Crippen LogP contribution >= 0.6 is 0 Å². The van der Waals surface area contributed by atoms with Crippen LogP contribution in [0.4, 0.5) is 5.69 Å². The zero-order valence-corrected chi connectivity index (χ0v) is 11.4. The summed E-state index contributed by atoms with van der Waals surface area (Å²) in [7, 11) is 0. The first-order valence-electron chi connectivity index (χ1n) is 6.75. The molecule has 0 radical (unpaired) electrons. The quantitative estimate of drug-likeness (QED) is 0.564. The summed E-state index contributed by atoms with van der Waals surface area (Å²) in [6.45, 7) is 2.97. The van der Waals surface area contributed by atoms with Crippen LogP contribution < -0.4 is 5.73 Å². The highest BCUT2D eigenvalue weighted by Gasteiger charge is 2.15. The van der Waals surface area contributed by atoms with Crippen molar-refractivity contribution >= 4 is 16.7 Å². The third-order valence-electron chi connectivity index (χ3n) is 3.41. The maximum absolute atomic E-state index is 10.2. The van der Waals surface area contributed by atoms with E-state index in [1.807, 2.05) is 36.4 Å². The average Bonchev–Trinajstić information content (AvgIpc) is 2.81. The molecule has 20 heavy (non-hydrogen) atoms. The number of phenolic OH excluding ortho intramolecular Hbond substituents is 1. The summed E-state index contributed by atoms with van der Waals surface area (Å²) in [6.07, 6.45) is 0.996. The number of phenols is 1. The van der Waals surface area contributed by atoms with Gasteiger partial charge in [-0.05, 0) is 30.7 Å². The Morgan fingerprint density at radius 2 is 1.95 bits per heavy atom. The number of rotatable bonds is 3. The monoisotopic (exact) mass is 267 g/mol. The van der Waals surface area contributed by atoms with Gasteiger partial charge in [0.1, 0.15) is 11.6 Å². The summed E-state index contributed by atoms with van der Waals surface area (Å²) in [4.78, 5) is 4.65. The Morgan fingerprint density at radius 3 is 2.75 bits per heavy atom. The summed E-state index contributed by atoms with van der Waals surface area (Å²) in [5, 5.41) is 10.2. The van der Waals surface area contributed by atoms with Crippen LogP contribution in [0.3, 0.4) is 0 Å². The number of aromatic nitrogens is 2. The van der Waals surface area contributed by atoms with E-state index >= 15 is 0 Å². The van der Waals surface area contributed by atoms with Gasteiger partial charge in [-0.15, -0.1) is 0 Å². The molecule has 0 spiro atoms. The summed E-state index contributed by atoms with van der Waals surface area (Å²) in [6, 6.07) is 13.4. The molecule has 3 rings (SSSR count). The highest BCUT2D eigenvalue weighted by Crippen LogP contribution is 2.34. The third-order valence-corrected chi connectivity index (χ3v) is 3.41. The molecule has 0 fully saturated rings. The molecule has 1 heterocycles. The van der Waals surface area contributed by atoms with E-state index in [2.05, 4.69) is 16.5 Å². The molecule has 0 amide bonds. The fourth-order valence-electron chi connectivity index (χ4n) is 2.47. The molecular weight excluding hydrogens is 250 g/mol. The van der Waals surface area contributed by atoms with Gasteiger partial charge < -0.3 is 15.4 Å². The van der Waals surface area contributed by atoms with Gasteiger partial charge in [-0.2, -0.15) is 0 Å². The van der Waals surface area contributed by atoms with E-state index in [-0.39, 0.29) is 5.75 Å². The van der Waals surface area contributed by atoms with Crippen LogP contribution in [0, 0.1) is 0 Å². The van der Waals surface area contributed by atoms with E-state index < -0.39 is 0 Å². The van der Waals surface area contributed by atoms with Gasteiger partial charge in [-0.1, -0.05) is 25.1 Å². The Bertz CT molecular complexity index is 762. The highest BCUT2D eigenvalue weighted by molar-refractivity contribution is 5.83. The number of hydrogen-bond donors (Lipinski definition) is 2. The number of imidazole rings is 1. The maximum Gasteiger partial charge on any atom is 0.149 e. The standard InChI is InChI=1S/C16H17N3O/c1-2-10-19-14-9-4-3-8-13(14)18-16(19)11-6-5-7-12(17)15(11)20/h3-9,20H,2,10,17H2,1H3. The van der Waals surface area contributed by atoms with E-state index in [0.29, 0.717) is 11.3 Å². The smallest absolute Gasteiger partial charge is 0.149 e. The van der Waals surface area contributed by atoms with E-state index in [4.69, 9.17) is 5.73 Å². The summed E-state index contributed by atoms with van der Waals surface area (Å²) >= 11 is 0. The Kier molecular flexibility index (Phi) is 3.06. The largest absolute Gasteiger partial charge is 0.505 e. The van der Waals surface area contributed by atoms with Crippen molar-refractivity contribution in [3.8, 4) is 17.1 Å². The molecule has 0 aliphatic heterocycles. The zero-order valence-electron chi connectivity index (χ0n) is 11.4. The number of nitrogen functional groups attached to an aromatic ring is 1. The second-order valence-corrected chi connectivity index (χ2v) is 4.82. The molecule has 1 aromatic heterocycles. The second-order valence-electron chi connectivity index (χ2n) is 4.82. The molecule has 0 aliphatic rings. The predicted molar refractivity (Wildman–Crippen MR) is 81.5 cm³/mol. The molecule has 102 valence electrons. The molecule has 0 atom stereocenters. The second kappa shape index (κ2) is 4.89. The molecule has 0 unspecified atom stereocenters. The lowest BCUT2D eigenvalue weighted by molar-refractivity contribution is 0.479. The molecule has 2 aromatic carbocycles. The zero-order chi connectivity index (χ0) is 14.1. The number of aryl methyl sites for hydroxylation is 1. The minimum atomic E-state index is 0.0974. The predicted octanol–water partition coefficient (Wildman–Crippen LogP) is 3.40. The molecule has 4 nitrogen and oxygen atoms in total. The lowest BCUT2D eigenvalue weighted by atomic mass is 10.1.